The molecule has 0 aromatic carbocycles. The van der Waals surface area contributed by atoms with Crippen molar-refractivity contribution in [3.8, 4) is 0 Å². The van der Waals surface area contributed by atoms with Gasteiger partial charge in [0.15, 0.2) is 0 Å². The van der Waals surface area contributed by atoms with Gasteiger partial charge in [-0.3, -0.25) is 0 Å². The van der Waals surface area contributed by atoms with Gasteiger partial charge in [-0.05, 0) is 38.2 Å². The summed E-state index contributed by atoms with van der Waals surface area (Å²) in [6, 6.07) is 1.74. The standard InChI is InChI=1S/C13H22N2O2S2/c1-10-4-3-6-15(7-5-10)19(16,17)13-8-12(9-14)18-11(13)2/h8,10H,3-7,9,14H2,1-2H3. The molecular weight excluding hydrogens is 280 g/mol. The highest BCUT2D eigenvalue weighted by Crippen LogP contribution is 2.29. The highest BCUT2D eigenvalue weighted by Gasteiger charge is 2.29. The van der Waals surface area contributed by atoms with Crippen LogP contribution in [0.5, 0.6) is 0 Å². The first-order valence-corrected chi connectivity index (χ1v) is 9.00. The van der Waals surface area contributed by atoms with Gasteiger partial charge < -0.3 is 5.73 Å². The summed E-state index contributed by atoms with van der Waals surface area (Å²) in [5.41, 5.74) is 5.60. The number of nitrogens with zero attached hydrogens (tertiary/aromatic N) is 1. The van der Waals surface area contributed by atoms with Crippen LogP contribution in [0.15, 0.2) is 11.0 Å². The predicted octanol–water partition coefficient (Wildman–Crippen LogP) is 2.33. The molecule has 2 rings (SSSR count). The van der Waals surface area contributed by atoms with Crippen molar-refractivity contribution in [2.75, 3.05) is 13.1 Å². The van der Waals surface area contributed by atoms with E-state index in [1.807, 2.05) is 6.92 Å². The van der Waals surface area contributed by atoms with Crippen LogP contribution in [0.1, 0.15) is 35.9 Å². The van der Waals surface area contributed by atoms with Gasteiger partial charge in [0.05, 0.1) is 4.90 Å². The summed E-state index contributed by atoms with van der Waals surface area (Å²) in [7, 11) is -3.34. The summed E-state index contributed by atoms with van der Waals surface area (Å²) in [5.74, 6) is 0.614. The largest absolute Gasteiger partial charge is 0.326 e. The maximum absolute atomic E-state index is 12.7. The normalized spacial score (nSPS) is 22.4. The number of sulfonamides is 1. The first kappa shape index (κ1) is 15.0. The summed E-state index contributed by atoms with van der Waals surface area (Å²) in [6.07, 6.45) is 3.02. The smallest absolute Gasteiger partial charge is 0.244 e. The van der Waals surface area contributed by atoms with E-state index < -0.39 is 10.0 Å². The first-order valence-electron chi connectivity index (χ1n) is 6.74. The minimum absolute atomic E-state index is 0.401. The van der Waals surface area contributed by atoms with E-state index in [2.05, 4.69) is 6.92 Å². The van der Waals surface area contributed by atoms with Crippen LogP contribution in [-0.4, -0.2) is 25.8 Å². The van der Waals surface area contributed by atoms with Crippen LogP contribution in [0.4, 0.5) is 0 Å². The monoisotopic (exact) mass is 302 g/mol. The Morgan fingerprint density at radius 3 is 2.79 bits per heavy atom. The highest BCUT2D eigenvalue weighted by atomic mass is 32.2. The van der Waals surface area contributed by atoms with Crippen molar-refractivity contribution in [2.45, 2.75) is 44.6 Å². The number of rotatable bonds is 3. The minimum atomic E-state index is -3.34. The second kappa shape index (κ2) is 5.91. The van der Waals surface area contributed by atoms with E-state index in [0.29, 0.717) is 30.4 Å². The van der Waals surface area contributed by atoms with Crippen LogP contribution in [0.25, 0.3) is 0 Å². The molecular formula is C13H22N2O2S2. The Hall–Kier alpha value is -0.430. The molecule has 1 unspecified atom stereocenters. The lowest BCUT2D eigenvalue weighted by Crippen LogP contribution is -2.32. The van der Waals surface area contributed by atoms with E-state index in [0.717, 1.165) is 29.0 Å². The number of thiophene rings is 1. The quantitative estimate of drug-likeness (QED) is 0.932. The maximum Gasteiger partial charge on any atom is 0.244 e. The van der Waals surface area contributed by atoms with E-state index >= 15 is 0 Å². The maximum atomic E-state index is 12.7. The van der Waals surface area contributed by atoms with E-state index in [1.165, 1.54) is 11.3 Å². The molecule has 0 bridgehead atoms. The zero-order valence-electron chi connectivity index (χ0n) is 11.6. The SMILES string of the molecule is Cc1sc(CN)cc1S(=O)(=O)N1CCCC(C)CC1. The van der Waals surface area contributed by atoms with Gasteiger partial charge in [0.2, 0.25) is 10.0 Å². The van der Waals surface area contributed by atoms with Crippen LogP contribution in [0.3, 0.4) is 0 Å². The molecule has 2 heterocycles. The topological polar surface area (TPSA) is 63.4 Å². The Morgan fingerprint density at radius 1 is 1.42 bits per heavy atom. The van der Waals surface area contributed by atoms with E-state index in [1.54, 1.807) is 10.4 Å². The average molecular weight is 302 g/mol. The molecule has 1 atom stereocenters. The van der Waals surface area contributed by atoms with E-state index in [9.17, 15) is 8.42 Å². The Labute approximate surface area is 119 Å². The lowest BCUT2D eigenvalue weighted by atomic mass is 10.0. The molecule has 1 aromatic heterocycles. The second-order valence-corrected chi connectivity index (χ2v) is 8.52. The molecule has 19 heavy (non-hydrogen) atoms. The summed E-state index contributed by atoms with van der Waals surface area (Å²) < 4.78 is 27.0. The van der Waals surface area contributed by atoms with Crippen molar-refractivity contribution in [3.63, 3.8) is 0 Å². The van der Waals surface area contributed by atoms with Crippen molar-refractivity contribution in [3.05, 3.63) is 15.8 Å². The van der Waals surface area contributed by atoms with Gasteiger partial charge in [0.25, 0.3) is 0 Å². The van der Waals surface area contributed by atoms with Gasteiger partial charge in [-0.1, -0.05) is 6.92 Å². The van der Waals surface area contributed by atoms with E-state index in [-0.39, 0.29) is 0 Å². The van der Waals surface area contributed by atoms with Crippen LogP contribution in [-0.2, 0) is 16.6 Å². The summed E-state index contributed by atoms with van der Waals surface area (Å²) >= 11 is 1.48. The zero-order valence-corrected chi connectivity index (χ0v) is 13.2. The third-order valence-corrected chi connectivity index (χ3v) is 6.94. The Morgan fingerprint density at radius 2 is 2.16 bits per heavy atom. The van der Waals surface area contributed by atoms with Gasteiger partial charge in [-0.25, -0.2) is 8.42 Å². The fraction of sp³-hybridized carbons (Fsp3) is 0.692. The molecule has 2 N–H and O–H groups in total. The molecule has 0 spiro atoms. The summed E-state index contributed by atoms with van der Waals surface area (Å²) in [4.78, 5) is 2.23. The van der Waals surface area contributed by atoms with Crippen molar-refractivity contribution in [2.24, 2.45) is 11.7 Å². The molecule has 1 aromatic rings. The minimum Gasteiger partial charge on any atom is -0.326 e. The Balaban J connectivity index is 2.28. The van der Waals surface area contributed by atoms with Gasteiger partial charge >= 0.3 is 0 Å². The van der Waals surface area contributed by atoms with Crippen molar-refractivity contribution in [1.29, 1.82) is 0 Å². The average Bonchev–Trinajstić information content (AvgIpc) is 2.60. The van der Waals surface area contributed by atoms with Crippen molar-refractivity contribution >= 4 is 21.4 Å². The summed E-state index contributed by atoms with van der Waals surface area (Å²) in [6.45, 7) is 5.73. The molecule has 1 saturated heterocycles. The third-order valence-electron chi connectivity index (χ3n) is 3.72. The molecule has 0 amide bonds. The van der Waals surface area contributed by atoms with Gasteiger partial charge in [-0.15, -0.1) is 11.3 Å². The molecule has 1 aliphatic heterocycles. The van der Waals surface area contributed by atoms with Crippen LogP contribution >= 0.6 is 11.3 Å². The van der Waals surface area contributed by atoms with Gasteiger partial charge in [0, 0.05) is 29.4 Å². The number of nitrogens with two attached hydrogens (primary N) is 1. The van der Waals surface area contributed by atoms with Crippen LogP contribution in [0, 0.1) is 12.8 Å². The number of hydrogen-bond acceptors (Lipinski definition) is 4. The lowest BCUT2D eigenvalue weighted by molar-refractivity contribution is 0.416. The number of aryl methyl sites for hydroxylation is 1. The van der Waals surface area contributed by atoms with E-state index in [4.69, 9.17) is 5.73 Å². The first-order chi connectivity index (χ1) is 8.95. The van der Waals surface area contributed by atoms with Crippen LogP contribution < -0.4 is 5.73 Å². The summed E-state index contributed by atoms with van der Waals surface area (Å²) in [5, 5.41) is 0. The fourth-order valence-corrected chi connectivity index (χ4v) is 5.47. The third kappa shape index (κ3) is 3.18. The highest BCUT2D eigenvalue weighted by molar-refractivity contribution is 7.89. The number of hydrogen-bond donors (Lipinski definition) is 1. The van der Waals surface area contributed by atoms with Crippen LogP contribution in [0.2, 0.25) is 0 Å². The molecule has 0 radical (unpaired) electrons. The van der Waals surface area contributed by atoms with Gasteiger partial charge in [0.1, 0.15) is 0 Å². The fourth-order valence-electron chi connectivity index (χ4n) is 2.50. The van der Waals surface area contributed by atoms with Crippen molar-refractivity contribution in [1.82, 2.24) is 4.31 Å². The van der Waals surface area contributed by atoms with Crippen molar-refractivity contribution < 1.29 is 8.42 Å². The zero-order chi connectivity index (χ0) is 14.0. The molecule has 108 valence electrons. The molecule has 6 heteroatoms. The molecule has 1 aliphatic rings. The van der Waals surface area contributed by atoms with Gasteiger partial charge in [-0.2, -0.15) is 4.31 Å². The molecule has 4 nitrogen and oxygen atoms in total. The second-order valence-electron chi connectivity index (χ2n) is 5.28. The molecule has 1 fully saturated rings. The Kier molecular flexibility index (Phi) is 4.66. The molecule has 0 saturated carbocycles. The lowest BCUT2D eigenvalue weighted by Gasteiger charge is -2.19. The Bertz CT molecular complexity index is 537. The molecule has 0 aliphatic carbocycles. The predicted molar refractivity (Wildman–Crippen MR) is 78.7 cm³/mol.